The summed E-state index contributed by atoms with van der Waals surface area (Å²) in [6, 6.07) is 8.36. The minimum Gasteiger partial charge on any atom is -0.491 e. The van der Waals surface area contributed by atoms with Crippen molar-refractivity contribution < 1.29 is 9.84 Å². The second-order valence-corrected chi connectivity index (χ2v) is 9.44. The maximum absolute atomic E-state index is 10.6. The highest BCUT2D eigenvalue weighted by molar-refractivity contribution is 5.36. The van der Waals surface area contributed by atoms with Gasteiger partial charge < -0.3 is 9.84 Å². The van der Waals surface area contributed by atoms with E-state index in [1.54, 1.807) is 0 Å². The lowest BCUT2D eigenvalue weighted by Crippen LogP contribution is -2.55. The molecule has 0 heterocycles. The standard InChI is InChI=1S/C22H37NO2/c1-21(2,3)23(22(4,5)6)15-18(24)16-25-20-14-10-9-13-19(20)17-11-7-8-12-17/h9-10,13-14,17-18,24H,7-8,11-12,15-16H2,1-6H3/t18-/m0/s1. The van der Waals surface area contributed by atoms with Gasteiger partial charge in [-0.3, -0.25) is 4.90 Å². The molecule has 1 aliphatic carbocycles. The summed E-state index contributed by atoms with van der Waals surface area (Å²) < 4.78 is 6.06. The second-order valence-electron chi connectivity index (χ2n) is 9.44. The fraction of sp³-hybridized carbons (Fsp3) is 0.727. The molecule has 1 aromatic carbocycles. The molecule has 25 heavy (non-hydrogen) atoms. The highest BCUT2D eigenvalue weighted by atomic mass is 16.5. The number of β-amino-alcohol motifs (C(OH)–C–C–N with tert-alkyl or cyclic N) is 1. The number of benzene rings is 1. The van der Waals surface area contributed by atoms with E-state index in [2.05, 4.69) is 58.6 Å². The van der Waals surface area contributed by atoms with Gasteiger partial charge in [0.2, 0.25) is 0 Å². The average molecular weight is 348 g/mol. The minimum atomic E-state index is -0.505. The zero-order valence-corrected chi connectivity index (χ0v) is 17.0. The normalized spacial score (nSPS) is 17.9. The molecule has 0 bridgehead atoms. The molecule has 1 saturated carbocycles. The van der Waals surface area contributed by atoms with Crippen LogP contribution in [0.2, 0.25) is 0 Å². The first kappa shape index (κ1) is 20.3. The van der Waals surface area contributed by atoms with E-state index >= 15 is 0 Å². The molecule has 1 aromatic rings. The van der Waals surface area contributed by atoms with Gasteiger partial charge in [-0.2, -0.15) is 0 Å². The lowest BCUT2D eigenvalue weighted by Gasteiger charge is -2.46. The Hall–Kier alpha value is -1.06. The van der Waals surface area contributed by atoms with Gasteiger partial charge in [0.25, 0.3) is 0 Å². The SMILES string of the molecule is CC(C)(C)N(C[C@H](O)COc1ccccc1C1CCCC1)C(C)(C)C. The fourth-order valence-corrected chi connectivity index (χ4v) is 4.19. The molecule has 0 spiro atoms. The van der Waals surface area contributed by atoms with Crippen LogP contribution in [-0.2, 0) is 0 Å². The van der Waals surface area contributed by atoms with Crippen LogP contribution in [0.1, 0.15) is 78.7 Å². The third-order valence-corrected chi connectivity index (χ3v) is 5.16. The Balaban J connectivity index is 1.99. The summed E-state index contributed by atoms with van der Waals surface area (Å²) in [5.41, 5.74) is 1.32. The van der Waals surface area contributed by atoms with Gasteiger partial charge in [-0.05, 0) is 71.9 Å². The van der Waals surface area contributed by atoms with E-state index in [9.17, 15) is 5.11 Å². The molecular formula is C22H37NO2. The van der Waals surface area contributed by atoms with E-state index in [-0.39, 0.29) is 11.1 Å². The van der Waals surface area contributed by atoms with Crippen LogP contribution in [0.15, 0.2) is 24.3 Å². The Morgan fingerprint density at radius 2 is 1.60 bits per heavy atom. The summed E-state index contributed by atoms with van der Waals surface area (Å²) in [6.45, 7) is 14.1. The molecule has 0 radical (unpaired) electrons. The monoisotopic (exact) mass is 347 g/mol. The quantitative estimate of drug-likeness (QED) is 0.787. The van der Waals surface area contributed by atoms with Crippen LogP contribution in [0.4, 0.5) is 0 Å². The lowest BCUT2D eigenvalue weighted by molar-refractivity contribution is -0.0177. The molecule has 1 N–H and O–H groups in total. The first-order valence-corrected chi connectivity index (χ1v) is 9.76. The van der Waals surface area contributed by atoms with Gasteiger partial charge in [-0.1, -0.05) is 31.0 Å². The van der Waals surface area contributed by atoms with E-state index < -0.39 is 6.10 Å². The van der Waals surface area contributed by atoms with Crippen LogP contribution in [0, 0.1) is 0 Å². The maximum atomic E-state index is 10.6. The van der Waals surface area contributed by atoms with Crippen molar-refractivity contribution in [3.05, 3.63) is 29.8 Å². The molecule has 142 valence electrons. The molecular weight excluding hydrogens is 310 g/mol. The third kappa shape index (κ3) is 5.72. The molecule has 0 unspecified atom stereocenters. The fourth-order valence-electron chi connectivity index (χ4n) is 4.19. The van der Waals surface area contributed by atoms with Gasteiger partial charge in [0.05, 0.1) is 0 Å². The van der Waals surface area contributed by atoms with Crippen LogP contribution in [-0.4, -0.2) is 40.3 Å². The predicted molar refractivity (Wildman–Crippen MR) is 105 cm³/mol. The molecule has 3 nitrogen and oxygen atoms in total. The lowest BCUT2D eigenvalue weighted by atomic mass is 9.95. The molecule has 0 aliphatic heterocycles. The predicted octanol–water partition coefficient (Wildman–Crippen LogP) is 4.98. The first-order chi connectivity index (χ1) is 11.6. The summed E-state index contributed by atoms with van der Waals surface area (Å²) in [5.74, 6) is 1.57. The molecule has 0 saturated heterocycles. The Morgan fingerprint density at radius 3 is 2.16 bits per heavy atom. The molecule has 0 amide bonds. The zero-order valence-electron chi connectivity index (χ0n) is 17.0. The first-order valence-electron chi connectivity index (χ1n) is 9.76. The smallest absolute Gasteiger partial charge is 0.122 e. The number of hydrogen-bond donors (Lipinski definition) is 1. The van der Waals surface area contributed by atoms with Crippen molar-refractivity contribution in [3.63, 3.8) is 0 Å². The minimum absolute atomic E-state index is 0.000977. The van der Waals surface area contributed by atoms with Gasteiger partial charge in [-0.25, -0.2) is 0 Å². The Bertz CT molecular complexity index is 522. The maximum Gasteiger partial charge on any atom is 0.122 e. The Morgan fingerprint density at radius 1 is 1.04 bits per heavy atom. The molecule has 0 aromatic heterocycles. The van der Waals surface area contributed by atoms with E-state index in [0.717, 1.165) is 5.75 Å². The number of hydrogen-bond acceptors (Lipinski definition) is 3. The number of rotatable bonds is 6. The number of para-hydroxylation sites is 1. The molecule has 1 aliphatic rings. The van der Waals surface area contributed by atoms with Crippen LogP contribution >= 0.6 is 0 Å². The van der Waals surface area contributed by atoms with Crippen LogP contribution in [0.25, 0.3) is 0 Å². The van der Waals surface area contributed by atoms with Crippen molar-refractivity contribution in [3.8, 4) is 5.75 Å². The van der Waals surface area contributed by atoms with Crippen molar-refractivity contribution in [2.75, 3.05) is 13.2 Å². The second kappa shape index (κ2) is 8.09. The average Bonchev–Trinajstić information content (AvgIpc) is 3.03. The summed E-state index contributed by atoms with van der Waals surface area (Å²) >= 11 is 0. The van der Waals surface area contributed by atoms with Gasteiger partial charge in [0.1, 0.15) is 18.5 Å². The molecule has 1 fully saturated rings. The van der Waals surface area contributed by atoms with Crippen molar-refractivity contribution >= 4 is 0 Å². The van der Waals surface area contributed by atoms with E-state index in [0.29, 0.717) is 19.1 Å². The van der Waals surface area contributed by atoms with Gasteiger partial charge in [0.15, 0.2) is 0 Å². The number of nitrogens with zero attached hydrogens (tertiary/aromatic N) is 1. The number of aliphatic hydroxyl groups excluding tert-OH is 1. The van der Waals surface area contributed by atoms with Crippen molar-refractivity contribution in [2.45, 2.75) is 90.3 Å². The van der Waals surface area contributed by atoms with Crippen LogP contribution in [0.5, 0.6) is 5.75 Å². The topological polar surface area (TPSA) is 32.7 Å². The van der Waals surface area contributed by atoms with E-state index in [1.165, 1.54) is 31.2 Å². The van der Waals surface area contributed by atoms with Crippen LogP contribution < -0.4 is 4.74 Å². The molecule has 1 atom stereocenters. The summed E-state index contributed by atoms with van der Waals surface area (Å²) in [6.07, 6.45) is 4.63. The highest BCUT2D eigenvalue weighted by Gasteiger charge is 2.33. The summed E-state index contributed by atoms with van der Waals surface area (Å²) in [5, 5.41) is 10.6. The third-order valence-electron chi connectivity index (χ3n) is 5.16. The van der Waals surface area contributed by atoms with Gasteiger partial charge in [-0.15, -0.1) is 0 Å². The van der Waals surface area contributed by atoms with Crippen molar-refractivity contribution in [2.24, 2.45) is 0 Å². The Kier molecular flexibility index (Phi) is 6.56. The Labute approximate surface area is 154 Å². The van der Waals surface area contributed by atoms with Gasteiger partial charge in [0, 0.05) is 17.6 Å². The summed E-state index contributed by atoms with van der Waals surface area (Å²) in [4.78, 5) is 2.34. The molecule has 3 heteroatoms. The van der Waals surface area contributed by atoms with Gasteiger partial charge >= 0.3 is 0 Å². The van der Waals surface area contributed by atoms with Crippen molar-refractivity contribution in [1.82, 2.24) is 4.90 Å². The largest absolute Gasteiger partial charge is 0.491 e. The van der Waals surface area contributed by atoms with Crippen molar-refractivity contribution in [1.29, 1.82) is 0 Å². The summed E-state index contributed by atoms with van der Waals surface area (Å²) in [7, 11) is 0. The number of aliphatic hydroxyl groups is 1. The van der Waals surface area contributed by atoms with E-state index in [1.807, 2.05) is 12.1 Å². The zero-order chi connectivity index (χ0) is 18.7. The van der Waals surface area contributed by atoms with E-state index in [4.69, 9.17) is 4.74 Å². The highest BCUT2D eigenvalue weighted by Crippen LogP contribution is 2.38. The number of ether oxygens (including phenoxy) is 1. The molecule has 2 rings (SSSR count). The van der Waals surface area contributed by atoms with Crippen LogP contribution in [0.3, 0.4) is 0 Å².